The molecule has 0 aliphatic heterocycles. The van der Waals surface area contributed by atoms with Crippen LogP contribution in [0.5, 0.6) is 0 Å². The van der Waals surface area contributed by atoms with Crippen molar-refractivity contribution in [3.8, 4) is 0 Å². The lowest BCUT2D eigenvalue weighted by atomic mass is 9.94. The second kappa shape index (κ2) is 5.86. The number of fused-ring (bicyclic) bond motifs is 1. The van der Waals surface area contributed by atoms with Crippen LogP contribution in [0.1, 0.15) is 17.2 Å². The lowest BCUT2D eigenvalue weighted by Crippen LogP contribution is -2.12. The molecule has 0 aliphatic carbocycles. The molecule has 0 amide bonds. The van der Waals surface area contributed by atoms with E-state index in [9.17, 15) is 0 Å². The Morgan fingerprint density at radius 1 is 0.714 bits per heavy atom. The first-order valence-corrected chi connectivity index (χ1v) is 7.59. The molecule has 0 fully saturated rings. The first kappa shape index (κ1) is 14.7. The molecule has 0 bridgehead atoms. The van der Waals surface area contributed by atoms with Crippen LogP contribution in [0.25, 0.3) is 10.8 Å². The molecule has 3 aromatic rings. The summed E-state index contributed by atoms with van der Waals surface area (Å²) in [7, 11) is 0. The van der Waals surface area contributed by atoms with E-state index >= 15 is 0 Å². The Balaban J connectivity index is 2.15. The molecule has 1 unspecified atom stereocenters. The molecule has 0 aromatic heterocycles. The summed E-state index contributed by atoms with van der Waals surface area (Å²) in [5, 5.41) is 3.78. The maximum absolute atomic E-state index is 6.41. The van der Waals surface area contributed by atoms with Gasteiger partial charge in [-0.2, -0.15) is 0 Å². The number of benzene rings is 3. The predicted octanol–water partition coefficient (Wildman–Crippen LogP) is 5.85. The summed E-state index contributed by atoms with van der Waals surface area (Å²) >= 11 is 18.3. The van der Waals surface area contributed by atoms with Crippen molar-refractivity contribution in [1.29, 1.82) is 0 Å². The monoisotopic (exact) mass is 335 g/mol. The van der Waals surface area contributed by atoms with Crippen LogP contribution in [-0.2, 0) is 0 Å². The van der Waals surface area contributed by atoms with Gasteiger partial charge in [0.05, 0.1) is 16.1 Å². The standard InChI is InChI=1S/C17H12Cl3N/c18-14-8-6-13(11-3-1-2-4-12(11)14)17(21)10-5-7-15(19)16(20)9-10/h1-9,17H,21H2. The number of rotatable bonds is 2. The third kappa shape index (κ3) is 2.75. The minimum atomic E-state index is -0.290. The second-order valence-electron chi connectivity index (χ2n) is 4.83. The lowest BCUT2D eigenvalue weighted by Gasteiger charge is -2.16. The van der Waals surface area contributed by atoms with Gasteiger partial charge in [0.2, 0.25) is 0 Å². The molecule has 0 spiro atoms. The molecule has 0 saturated carbocycles. The van der Waals surface area contributed by atoms with Crippen LogP contribution in [0.15, 0.2) is 54.6 Å². The molecular weight excluding hydrogens is 325 g/mol. The van der Waals surface area contributed by atoms with Crippen molar-refractivity contribution >= 4 is 45.6 Å². The quantitative estimate of drug-likeness (QED) is 0.624. The van der Waals surface area contributed by atoms with Crippen molar-refractivity contribution in [3.05, 3.63) is 80.8 Å². The Bertz CT molecular complexity index is 814. The van der Waals surface area contributed by atoms with E-state index in [1.54, 1.807) is 12.1 Å². The number of hydrogen-bond acceptors (Lipinski definition) is 1. The minimum absolute atomic E-state index is 0.290. The molecule has 1 nitrogen and oxygen atoms in total. The van der Waals surface area contributed by atoms with Gasteiger partial charge in [0.1, 0.15) is 0 Å². The minimum Gasteiger partial charge on any atom is -0.320 e. The topological polar surface area (TPSA) is 26.0 Å². The van der Waals surface area contributed by atoms with E-state index in [0.29, 0.717) is 10.0 Å². The normalized spacial score (nSPS) is 12.6. The van der Waals surface area contributed by atoms with Gasteiger partial charge in [-0.1, -0.05) is 71.2 Å². The van der Waals surface area contributed by atoms with Crippen LogP contribution in [-0.4, -0.2) is 0 Å². The Kier molecular flexibility index (Phi) is 4.10. The first-order valence-electron chi connectivity index (χ1n) is 6.45. The molecule has 0 radical (unpaired) electrons. The average molecular weight is 337 g/mol. The average Bonchev–Trinajstić information content (AvgIpc) is 2.50. The van der Waals surface area contributed by atoms with Crippen molar-refractivity contribution in [2.75, 3.05) is 0 Å². The van der Waals surface area contributed by atoms with Crippen LogP contribution in [0.3, 0.4) is 0 Å². The van der Waals surface area contributed by atoms with Crippen molar-refractivity contribution in [2.24, 2.45) is 5.73 Å². The van der Waals surface area contributed by atoms with Crippen molar-refractivity contribution in [1.82, 2.24) is 0 Å². The highest BCUT2D eigenvalue weighted by atomic mass is 35.5. The third-order valence-electron chi connectivity index (χ3n) is 3.54. The Hall–Kier alpha value is -1.25. The van der Waals surface area contributed by atoms with Gasteiger partial charge in [-0.3, -0.25) is 0 Å². The van der Waals surface area contributed by atoms with E-state index in [1.807, 2.05) is 42.5 Å². The van der Waals surface area contributed by atoms with Crippen molar-refractivity contribution in [2.45, 2.75) is 6.04 Å². The molecule has 106 valence electrons. The predicted molar refractivity (Wildman–Crippen MR) is 91.5 cm³/mol. The third-order valence-corrected chi connectivity index (χ3v) is 4.61. The molecule has 1 atom stereocenters. The van der Waals surface area contributed by atoms with Crippen LogP contribution >= 0.6 is 34.8 Å². The summed E-state index contributed by atoms with van der Waals surface area (Å²) in [6.07, 6.45) is 0. The highest BCUT2D eigenvalue weighted by Gasteiger charge is 2.14. The smallest absolute Gasteiger partial charge is 0.0595 e. The van der Waals surface area contributed by atoms with E-state index in [-0.39, 0.29) is 6.04 Å². The maximum atomic E-state index is 6.41. The molecule has 0 heterocycles. The lowest BCUT2D eigenvalue weighted by molar-refractivity contribution is 0.881. The van der Waals surface area contributed by atoms with E-state index in [4.69, 9.17) is 40.5 Å². The summed E-state index contributed by atoms with van der Waals surface area (Å²) in [6, 6.07) is 16.9. The summed E-state index contributed by atoms with van der Waals surface area (Å²) < 4.78 is 0. The van der Waals surface area contributed by atoms with E-state index < -0.39 is 0 Å². The Morgan fingerprint density at radius 3 is 2.10 bits per heavy atom. The zero-order chi connectivity index (χ0) is 15.0. The van der Waals surface area contributed by atoms with Crippen LogP contribution in [0.4, 0.5) is 0 Å². The molecule has 2 N–H and O–H groups in total. The van der Waals surface area contributed by atoms with Crippen LogP contribution < -0.4 is 5.73 Å². The maximum Gasteiger partial charge on any atom is 0.0595 e. The zero-order valence-electron chi connectivity index (χ0n) is 11.0. The fourth-order valence-electron chi connectivity index (χ4n) is 2.44. The van der Waals surface area contributed by atoms with Gasteiger partial charge in [0, 0.05) is 10.4 Å². The summed E-state index contributed by atoms with van der Waals surface area (Å²) in [4.78, 5) is 0. The highest BCUT2D eigenvalue weighted by Crippen LogP contribution is 2.33. The zero-order valence-corrected chi connectivity index (χ0v) is 13.3. The van der Waals surface area contributed by atoms with Crippen LogP contribution in [0.2, 0.25) is 15.1 Å². The van der Waals surface area contributed by atoms with Crippen LogP contribution in [0, 0.1) is 0 Å². The molecule has 21 heavy (non-hydrogen) atoms. The van der Waals surface area contributed by atoms with E-state index in [1.165, 1.54) is 0 Å². The Morgan fingerprint density at radius 2 is 1.38 bits per heavy atom. The van der Waals surface area contributed by atoms with Gasteiger partial charge in [-0.05, 0) is 34.7 Å². The number of halogens is 3. The summed E-state index contributed by atoms with van der Waals surface area (Å²) in [5.41, 5.74) is 8.33. The largest absolute Gasteiger partial charge is 0.320 e. The summed E-state index contributed by atoms with van der Waals surface area (Å²) in [6.45, 7) is 0. The number of hydrogen-bond donors (Lipinski definition) is 1. The van der Waals surface area contributed by atoms with E-state index in [0.717, 1.165) is 26.9 Å². The SMILES string of the molecule is NC(c1ccc(Cl)c(Cl)c1)c1ccc(Cl)c2ccccc12. The van der Waals surface area contributed by atoms with Gasteiger partial charge in [0.15, 0.2) is 0 Å². The number of nitrogens with two attached hydrogens (primary N) is 1. The van der Waals surface area contributed by atoms with Gasteiger partial charge >= 0.3 is 0 Å². The molecule has 0 aliphatic rings. The second-order valence-corrected chi connectivity index (χ2v) is 6.06. The molecule has 3 rings (SSSR count). The fraction of sp³-hybridized carbons (Fsp3) is 0.0588. The molecule has 4 heteroatoms. The Labute approximate surface area is 138 Å². The molecular formula is C17H12Cl3N. The van der Waals surface area contributed by atoms with Gasteiger partial charge < -0.3 is 5.73 Å². The van der Waals surface area contributed by atoms with E-state index in [2.05, 4.69) is 0 Å². The first-order chi connectivity index (χ1) is 10.1. The fourth-order valence-corrected chi connectivity index (χ4v) is 2.98. The van der Waals surface area contributed by atoms with Crippen molar-refractivity contribution in [3.63, 3.8) is 0 Å². The van der Waals surface area contributed by atoms with Gasteiger partial charge in [0.25, 0.3) is 0 Å². The van der Waals surface area contributed by atoms with Gasteiger partial charge in [-0.15, -0.1) is 0 Å². The molecule has 3 aromatic carbocycles. The summed E-state index contributed by atoms with van der Waals surface area (Å²) in [5.74, 6) is 0. The van der Waals surface area contributed by atoms with Gasteiger partial charge in [-0.25, -0.2) is 0 Å². The highest BCUT2D eigenvalue weighted by molar-refractivity contribution is 6.42. The molecule has 0 saturated heterocycles. The van der Waals surface area contributed by atoms with Crippen molar-refractivity contribution < 1.29 is 0 Å².